The summed E-state index contributed by atoms with van der Waals surface area (Å²) < 4.78 is 0. The molecule has 18 heavy (non-hydrogen) atoms. The Morgan fingerprint density at radius 1 is 1.50 bits per heavy atom. The largest absolute Gasteiger partial charge is 0.480 e. The minimum absolute atomic E-state index is 0.170. The summed E-state index contributed by atoms with van der Waals surface area (Å²) in [6, 6.07) is -0.247. The summed E-state index contributed by atoms with van der Waals surface area (Å²) in [5.41, 5.74) is -1.05. The van der Waals surface area contributed by atoms with Crippen molar-refractivity contribution in [3.05, 3.63) is 0 Å². The van der Waals surface area contributed by atoms with Gasteiger partial charge in [-0.2, -0.15) is 0 Å². The summed E-state index contributed by atoms with van der Waals surface area (Å²) in [5, 5.41) is 15.3. The predicted octanol–water partition coefficient (Wildman–Crippen LogP) is 0.799. The van der Waals surface area contributed by atoms with Crippen LogP contribution < -0.4 is 10.6 Å². The van der Waals surface area contributed by atoms with Gasteiger partial charge in [-0.3, -0.25) is 10.1 Å². The minimum Gasteiger partial charge on any atom is -0.480 e. The van der Waals surface area contributed by atoms with E-state index in [2.05, 4.69) is 10.6 Å². The average Bonchev–Trinajstić information content (AvgIpc) is 2.82. The van der Waals surface area contributed by atoms with Crippen LogP contribution >= 0.6 is 11.8 Å². The van der Waals surface area contributed by atoms with E-state index in [-0.39, 0.29) is 11.9 Å². The van der Waals surface area contributed by atoms with Crippen LogP contribution in [0.4, 0.5) is 0 Å². The van der Waals surface area contributed by atoms with Crippen LogP contribution in [0, 0.1) is 5.92 Å². The van der Waals surface area contributed by atoms with Crippen LogP contribution in [0.3, 0.4) is 0 Å². The van der Waals surface area contributed by atoms with E-state index in [0.29, 0.717) is 18.8 Å². The third-order valence-electron chi connectivity index (χ3n) is 3.80. The molecule has 0 radical (unpaired) electrons. The highest BCUT2D eigenvalue weighted by molar-refractivity contribution is 7.99. The number of amides is 1. The first-order chi connectivity index (χ1) is 8.53. The first-order valence-electron chi connectivity index (χ1n) is 6.40. The summed E-state index contributed by atoms with van der Waals surface area (Å²) in [7, 11) is 0. The van der Waals surface area contributed by atoms with E-state index in [4.69, 9.17) is 0 Å². The fraction of sp³-hybridized carbons (Fsp3) is 0.833. The number of carboxylic acids is 1. The topological polar surface area (TPSA) is 78.4 Å². The third kappa shape index (κ3) is 2.80. The highest BCUT2D eigenvalue weighted by Crippen LogP contribution is 2.32. The molecule has 2 aliphatic rings. The van der Waals surface area contributed by atoms with Crippen molar-refractivity contribution in [3.8, 4) is 0 Å². The van der Waals surface area contributed by atoms with Gasteiger partial charge < -0.3 is 10.4 Å². The number of aliphatic carboxylic acids is 1. The van der Waals surface area contributed by atoms with E-state index >= 15 is 0 Å². The molecule has 2 rings (SSSR count). The zero-order valence-corrected chi connectivity index (χ0v) is 11.4. The molecule has 1 saturated heterocycles. The lowest BCUT2D eigenvalue weighted by Gasteiger charge is -2.37. The van der Waals surface area contributed by atoms with Gasteiger partial charge in [-0.15, -0.1) is 11.8 Å². The van der Waals surface area contributed by atoms with Crippen LogP contribution in [-0.4, -0.2) is 40.2 Å². The standard InChI is InChI=1S/C12H20N2O3S/c1-8-3-2-4-12(5-8,11(16)17)14-10(15)9-6-18-7-13-9/h8-9,13H,2-7H2,1H3,(H,14,15)(H,16,17). The van der Waals surface area contributed by atoms with Crippen LogP contribution in [0.2, 0.25) is 0 Å². The van der Waals surface area contributed by atoms with Crippen molar-refractivity contribution in [2.75, 3.05) is 11.6 Å². The molecule has 0 bridgehead atoms. The maximum Gasteiger partial charge on any atom is 0.329 e. The third-order valence-corrected chi connectivity index (χ3v) is 4.74. The molecule has 6 heteroatoms. The second-order valence-electron chi connectivity index (χ2n) is 5.35. The van der Waals surface area contributed by atoms with E-state index in [0.717, 1.165) is 24.5 Å². The highest BCUT2D eigenvalue weighted by atomic mass is 32.2. The monoisotopic (exact) mass is 272 g/mol. The summed E-state index contributed by atoms with van der Waals surface area (Å²) >= 11 is 1.66. The van der Waals surface area contributed by atoms with Crippen LogP contribution in [0.1, 0.15) is 32.6 Å². The molecule has 1 amide bonds. The summed E-state index contributed by atoms with van der Waals surface area (Å²) in [6.07, 6.45) is 2.98. The van der Waals surface area contributed by atoms with Gasteiger partial charge in [-0.05, 0) is 18.8 Å². The van der Waals surface area contributed by atoms with Crippen molar-refractivity contribution >= 4 is 23.6 Å². The molecular weight excluding hydrogens is 252 g/mol. The summed E-state index contributed by atoms with van der Waals surface area (Å²) in [5.74, 6) is 0.761. The molecule has 2 fully saturated rings. The molecule has 1 aliphatic carbocycles. The Hall–Kier alpha value is -0.750. The number of rotatable bonds is 3. The highest BCUT2D eigenvalue weighted by Gasteiger charge is 2.44. The van der Waals surface area contributed by atoms with E-state index in [1.54, 1.807) is 11.8 Å². The van der Waals surface area contributed by atoms with Gasteiger partial charge in [0.1, 0.15) is 5.54 Å². The smallest absolute Gasteiger partial charge is 0.329 e. The van der Waals surface area contributed by atoms with Gasteiger partial charge in [-0.25, -0.2) is 4.79 Å². The lowest BCUT2D eigenvalue weighted by atomic mass is 9.76. The van der Waals surface area contributed by atoms with Gasteiger partial charge in [0.05, 0.1) is 6.04 Å². The van der Waals surface area contributed by atoms with E-state index in [1.807, 2.05) is 6.92 Å². The van der Waals surface area contributed by atoms with Crippen LogP contribution in [-0.2, 0) is 9.59 Å². The molecule has 3 atom stereocenters. The maximum absolute atomic E-state index is 12.1. The van der Waals surface area contributed by atoms with Crippen LogP contribution in [0.5, 0.6) is 0 Å². The Kier molecular flexibility index (Phi) is 4.17. The predicted molar refractivity (Wildman–Crippen MR) is 70.4 cm³/mol. The summed E-state index contributed by atoms with van der Waals surface area (Å²) in [4.78, 5) is 23.6. The zero-order valence-electron chi connectivity index (χ0n) is 10.6. The van der Waals surface area contributed by atoms with Crippen molar-refractivity contribution in [2.24, 2.45) is 5.92 Å². The Morgan fingerprint density at radius 3 is 2.83 bits per heavy atom. The molecule has 0 aromatic rings. The zero-order chi connectivity index (χ0) is 13.2. The van der Waals surface area contributed by atoms with E-state index < -0.39 is 11.5 Å². The number of carboxylic acid groups (broad SMARTS) is 1. The Morgan fingerprint density at radius 2 is 2.28 bits per heavy atom. The minimum atomic E-state index is -1.05. The SMILES string of the molecule is CC1CCCC(NC(=O)C2CSCN2)(C(=O)O)C1. The average molecular weight is 272 g/mol. The first kappa shape index (κ1) is 13.7. The molecule has 0 aromatic heterocycles. The number of carbonyl (C=O) groups excluding carboxylic acids is 1. The molecule has 0 spiro atoms. The van der Waals surface area contributed by atoms with Gasteiger partial charge in [0, 0.05) is 11.6 Å². The summed E-state index contributed by atoms with van der Waals surface area (Å²) in [6.45, 7) is 2.05. The van der Waals surface area contributed by atoms with Crippen molar-refractivity contribution in [3.63, 3.8) is 0 Å². The van der Waals surface area contributed by atoms with Gasteiger partial charge >= 0.3 is 5.97 Å². The van der Waals surface area contributed by atoms with Gasteiger partial charge in [0.15, 0.2) is 0 Å². The molecule has 0 aromatic carbocycles. The number of hydrogen-bond donors (Lipinski definition) is 3. The van der Waals surface area contributed by atoms with E-state index in [1.165, 1.54) is 0 Å². The van der Waals surface area contributed by atoms with Crippen LogP contribution in [0.25, 0.3) is 0 Å². The molecule has 3 unspecified atom stereocenters. The van der Waals surface area contributed by atoms with Gasteiger partial charge in [0.25, 0.3) is 0 Å². The fourth-order valence-corrected chi connectivity index (χ4v) is 3.74. The number of hydrogen-bond acceptors (Lipinski definition) is 4. The van der Waals surface area contributed by atoms with E-state index in [9.17, 15) is 14.7 Å². The maximum atomic E-state index is 12.1. The van der Waals surface area contributed by atoms with Crippen molar-refractivity contribution in [1.29, 1.82) is 0 Å². The molecular formula is C12H20N2O3S. The Balaban J connectivity index is 2.05. The molecule has 3 N–H and O–H groups in total. The second kappa shape index (κ2) is 5.48. The second-order valence-corrected chi connectivity index (χ2v) is 6.38. The van der Waals surface area contributed by atoms with Crippen molar-refractivity contribution in [1.82, 2.24) is 10.6 Å². The number of nitrogens with one attached hydrogen (secondary N) is 2. The lowest BCUT2D eigenvalue weighted by Crippen LogP contribution is -2.60. The Bertz CT molecular complexity index is 344. The molecule has 1 aliphatic heterocycles. The number of thioether (sulfide) groups is 1. The molecule has 102 valence electrons. The fourth-order valence-electron chi connectivity index (χ4n) is 2.80. The van der Waals surface area contributed by atoms with Crippen LogP contribution in [0.15, 0.2) is 0 Å². The first-order valence-corrected chi connectivity index (χ1v) is 7.55. The normalized spacial score (nSPS) is 36.3. The van der Waals surface area contributed by atoms with Gasteiger partial charge in [0.2, 0.25) is 5.91 Å². The number of carbonyl (C=O) groups is 2. The van der Waals surface area contributed by atoms with Crippen molar-refractivity contribution in [2.45, 2.75) is 44.2 Å². The molecule has 5 nitrogen and oxygen atoms in total. The molecule has 1 saturated carbocycles. The Labute approximate surface area is 111 Å². The quantitative estimate of drug-likeness (QED) is 0.708. The molecule has 1 heterocycles. The van der Waals surface area contributed by atoms with Gasteiger partial charge in [-0.1, -0.05) is 19.8 Å². The van der Waals surface area contributed by atoms with Crippen molar-refractivity contribution < 1.29 is 14.7 Å². The lowest BCUT2D eigenvalue weighted by molar-refractivity contribution is -0.150.